The maximum Gasteiger partial charge on any atom is 0.410 e. The van der Waals surface area contributed by atoms with E-state index < -0.39 is 110 Å². The second-order valence-corrected chi connectivity index (χ2v) is 27.2. The van der Waals surface area contributed by atoms with Crippen LogP contribution in [0.1, 0.15) is 61.3 Å². The zero-order valence-corrected chi connectivity index (χ0v) is 53.6. The van der Waals surface area contributed by atoms with E-state index in [-0.39, 0.29) is 86.9 Å². The first-order valence-corrected chi connectivity index (χ1v) is 34.3. The van der Waals surface area contributed by atoms with E-state index in [1.165, 1.54) is 42.0 Å². The standard InChI is InChI=1S/C55H74N12O20P2S2/c1-32(2)44(62-42(68)29-80-22-21-79-20-19-78-18-17-77-16-14-56)51(72)60-33(3)49(70)61-37-11-9-34(10-12-37)26-81-55(74)66(4)25-35-7-5-6-8-39(35)50(71)64-54-63-48-45(52(73)65-54)59-31-67(48)53-47-46(69)41(85-53)28-83-88(75,90)86-40-24-38(84-43-13-15-57-30-58-43)23-36(40)27-82-89(76,91)87-47/h5-13,15,30-33,36,38,40-41,44,46-47,53,69H,14,16-29,56H2,1-4H3,(H,60,72)(H,61,70)(H,62,68)(H,75,90)(H,76,91)(H2,63,64,65,71,73)/t33-,36+,38+,40-,41+,44-,46+,47+,53+,88+,89?/m0/s1. The molecule has 11 atom stereocenters. The summed E-state index contributed by atoms with van der Waals surface area (Å²) in [6.45, 7) is -2.17. The summed E-state index contributed by atoms with van der Waals surface area (Å²) < 4.78 is 91.1. The number of benzene rings is 2. The molecule has 32 nitrogen and oxygen atoms in total. The number of aromatic nitrogens is 6. The van der Waals surface area contributed by atoms with Crippen molar-refractivity contribution in [3.05, 3.63) is 100 Å². The van der Waals surface area contributed by atoms with Gasteiger partial charge in [0.05, 0.1) is 71.9 Å². The Balaban J connectivity index is 0.810. The highest BCUT2D eigenvalue weighted by Crippen LogP contribution is 2.60. The van der Waals surface area contributed by atoms with Gasteiger partial charge >= 0.3 is 19.7 Å². The van der Waals surface area contributed by atoms with Crippen molar-refractivity contribution in [1.82, 2.24) is 45.0 Å². The molecular formula is C55H74N12O20P2S2. The Morgan fingerprint density at radius 3 is 2.24 bits per heavy atom. The monoisotopic (exact) mass is 1350 g/mol. The SMILES string of the molecule is CC(C)[C@H](NC(=O)COCCOCCOCCOCCN)C(=O)N[C@@H](C)C(=O)Nc1ccc(COC(=O)N(C)Cc2ccccc2C(=O)Nc2nc3c(ncn3[C@@H]3O[C@@H]4CO[P@@](=O)(S)O[C@H]5C[C@H](Oc6ccncn6)C[C@@H]5COP(=O)(S)O[C@@H]3[C@@H]4O)c(=O)[nH]2)cc1. The molecule has 5 aromatic rings. The van der Waals surface area contributed by atoms with Gasteiger partial charge in [-0.05, 0) is 48.6 Å². The van der Waals surface area contributed by atoms with Crippen LogP contribution in [0.3, 0.4) is 0 Å². The lowest BCUT2D eigenvalue weighted by Crippen LogP contribution is -2.54. The van der Waals surface area contributed by atoms with Gasteiger partial charge in [0.1, 0.15) is 56.0 Å². The second kappa shape index (κ2) is 33.4. The highest BCUT2D eigenvalue weighted by Gasteiger charge is 2.51. The molecule has 5 amide bonds. The number of imidazole rings is 1. The molecule has 91 heavy (non-hydrogen) atoms. The quantitative estimate of drug-likeness (QED) is 0.0196. The van der Waals surface area contributed by atoms with Crippen molar-refractivity contribution < 1.29 is 89.5 Å². The van der Waals surface area contributed by atoms with Gasteiger partial charge in [-0.15, -0.1) is 0 Å². The molecule has 0 spiro atoms. The molecule has 3 aromatic heterocycles. The van der Waals surface area contributed by atoms with Crippen LogP contribution in [0.15, 0.2) is 78.2 Å². The normalized spacial score (nSPS) is 24.0. The largest absolute Gasteiger partial charge is 0.474 e. The number of nitrogens with two attached hydrogens (primary N) is 1. The predicted molar refractivity (Wildman–Crippen MR) is 330 cm³/mol. The Kier molecular flexibility index (Phi) is 25.8. The van der Waals surface area contributed by atoms with Gasteiger partial charge in [0, 0.05) is 56.0 Å². The average Bonchev–Trinajstić information content (AvgIpc) is 1.64. The minimum atomic E-state index is -4.38. The van der Waals surface area contributed by atoms with Gasteiger partial charge < -0.3 is 69.4 Å². The van der Waals surface area contributed by atoms with Crippen molar-refractivity contribution in [2.75, 3.05) is 90.3 Å². The molecule has 496 valence electrons. The number of ether oxygens (including phenoxy) is 7. The zero-order valence-electron chi connectivity index (χ0n) is 50.1. The Bertz CT molecular complexity index is 3430. The van der Waals surface area contributed by atoms with E-state index in [4.69, 9.17) is 57.0 Å². The lowest BCUT2D eigenvalue weighted by atomic mass is 10.0. The number of hydrogen-bond acceptors (Lipinski definition) is 25. The number of anilines is 2. The molecule has 1 aliphatic carbocycles. The lowest BCUT2D eigenvalue weighted by molar-refractivity contribution is -0.133. The van der Waals surface area contributed by atoms with E-state index >= 15 is 0 Å². The molecular weight excluding hydrogens is 1270 g/mol. The number of carbonyl (C=O) groups is 5. The number of thiol groups is 2. The summed E-state index contributed by atoms with van der Waals surface area (Å²) in [5.74, 6) is -3.32. The third-order valence-corrected chi connectivity index (χ3v) is 17.5. The molecule has 8 rings (SSSR count). The van der Waals surface area contributed by atoms with Crippen LogP contribution in [-0.4, -0.2) is 191 Å². The van der Waals surface area contributed by atoms with Crippen LogP contribution in [0, 0.1) is 11.8 Å². The number of nitrogens with one attached hydrogen (secondary N) is 5. The van der Waals surface area contributed by atoms with Crippen molar-refractivity contribution in [2.45, 2.75) is 95.6 Å². The fourth-order valence-electron chi connectivity index (χ4n) is 9.66. The Labute approximate surface area is 532 Å². The second-order valence-electron chi connectivity index (χ2n) is 21.5. The fourth-order valence-corrected chi connectivity index (χ4v) is 12.7. The number of rotatable bonds is 28. The molecule has 1 saturated carbocycles. The highest BCUT2D eigenvalue weighted by atomic mass is 32.7. The number of carbonyl (C=O) groups excluding carboxylic acids is 5. The van der Waals surface area contributed by atoms with Crippen LogP contribution in [0.5, 0.6) is 5.88 Å². The number of amides is 5. The molecule has 2 bridgehead atoms. The number of H-pyrrole nitrogens is 1. The number of aromatic amines is 1. The van der Waals surface area contributed by atoms with Crippen LogP contribution in [0.25, 0.3) is 11.2 Å². The molecule has 2 aromatic carbocycles. The first kappa shape index (κ1) is 70.4. The molecule has 8 N–H and O–H groups in total. The summed E-state index contributed by atoms with van der Waals surface area (Å²) >= 11 is 8.43. The first-order valence-electron chi connectivity index (χ1n) is 28.9. The van der Waals surface area contributed by atoms with Crippen molar-refractivity contribution in [2.24, 2.45) is 17.6 Å². The Morgan fingerprint density at radius 1 is 0.846 bits per heavy atom. The first-order chi connectivity index (χ1) is 43.6. The van der Waals surface area contributed by atoms with Crippen LogP contribution in [0.4, 0.5) is 16.4 Å². The summed E-state index contributed by atoms with van der Waals surface area (Å²) in [6, 6.07) is 12.4. The maximum atomic E-state index is 14.0. The molecule has 3 fully saturated rings. The summed E-state index contributed by atoms with van der Waals surface area (Å²) in [5.41, 5.74) is 5.58. The molecule has 36 heteroatoms. The lowest BCUT2D eigenvalue weighted by Gasteiger charge is -2.26. The predicted octanol–water partition coefficient (Wildman–Crippen LogP) is 3.55. The minimum absolute atomic E-state index is 0.0927. The van der Waals surface area contributed by atoms with Gasteiger partial charge in [-0.1, -0.05) is 68.7 Å². The molecule has 5 heterocycles. The van der Waals surface area contributed by atoms with Gasteiger partial charge in [-0.2, -0.15) is 4.98 Å². The minimum Gasteiger partial charge on any atom is -0.474 e. The van der Waals surface area contributed by atoms with Crippen LogP contribution < -0.4 is 37.3 Å². The van der Waals surface area contributed by atoms with Crippen LogP contribution in [0.2, 0.25) is 0 Å². The Hall–Kier alpha value is -6.46. The van der Waals surface area contributed by atoms with Gasteiger partial charge in [0.2, 0.25) is 29.5 Å². The van der Waals surface area contributed by atoms with Crippen molar-refractivity contribution >= 4 is 90.6 Å². The van der Waals surface area contributed by atoms with Gasteiger partial charge in [0.25, 0.3) is 11.5 Å². The van der Waals surface area contributed by atoms with E-state index in [1.54, 1.807) is 62.4 Å². The molecule has 1 unspecified atom stereocenters. The van der Waals surface area contributed by atoms with Crippen molar-refractivity contribution in [1.29, 1.82) is 0 Å². The average molecular weight is 1350 g/mol. The summed E-state index contributed by atoms with van der Waals surface area (Å²) in [4.78, 5) is 100. The molecule has 2 aliphatic heterocycles. The van der Waals surface area contributed by atoms with Gasteiger partial charge in [0.15, 0.2) is 17.4 Å². The smallest absolute Gasteiger partial charge is 0.410 e. The number of aliphatic hydroxyl groups excluding tert-OH is 1. The number of fused-ring (bicyclic) bond motifs is 4. The summed E-state index contributed by atoms with van der Waals surface area (Å²) in [7, 11) is 1.46. The molecule has 0 radical (unpaired) electrons. The highest BCUT2D eigenvalue weighted by molar-refractivity contribution is 8.44. The fraction of sp³-hybridized carbons (Fsp3) is 0.527. The number of nitrogens with zero attached hydrogens (tertiary/aromatic N) is 6. The zero-order chi connectivity index (χ0) is 65.2. The number of hydrogen-bond donors (Lipinski definition) is 9. The van der Waals surface area contributed by atoms with E-state index in [2.05, 4.69) is 70.7 Å². The van der Waals surface area contributed by atoms with Crippen LogP contribution >= 0.6 is 38.1 Å². The third-order valence-electron chi connectivity index (χ3n) is 14.3. The van der Waals surface area contributed by atoms with Crippen molar-refractivity contribution in [3.8, 4) is 5.88 Å². The van der Waals surface area contributed by atoms with E-state index in [0.29, 0.717) is 56.4 Å². The number of aliphatic hydroxyl groups is 1. The Morgan fingerprint density at radius 2 is 1.54 bits per heavy atom. The van der Waals surface area contributed by atoms with E-state index in [0.717, 1.165) is 6.33 Å². The maximum absolute atomic E-state index is 14.0. The topological polar surface area (TPSA) is 408 Å². The van der Waals surface area contributed by atoms with Gasteiger partial charge in [-0.3, -0.25) is 52.4 Å². The summed E-state index contributed by atoms with van der Waals surface area (Å²) in [5, 5.41) is 22.2. The van der Waals surface area contributed by atoms with Crippen molar-refractivity contribution in [3.63, 3.8) is 0 Å². The van der Waals surface area contributed by atoms with Gasteiger partial charge in [-0.25, -0.2) is 28.9 Å². The molecule has 2 saturated heterocycles. The van der Waals surface area contributed by atoms with E-state index in [1.807, 2.05) is 0 Å². The molecule has 3 aliphatic rings. The third kappa shape index (κ3) is 20.5. The summed E-state index contributed by atoms with van der Waals surface area (Å²) in [6.07, 6.45) is -3.61. The van der Waals surface area contributed by atoms with Crippen LogP contribution in [-0.2, 0) is 83.2 Å². The van der Waals surface area contributed by atoms with E-state index in [9.17, 15) is 43.0 Å².